The molecule has 2 heteroatoms. The maximum atomic E-state index is 5.93. The molecule has 0 spiro atoms. The van der Waals surface area contributed by atoms with Crippen LogP contribution in [0.5, 0.6) is 5.75 Å². The second-order valence-electron chi connectivity index (χ2n) is 3.95. The van der Waals surface area contributed by atoms with Crippen molar-refractivity contribution in [1.82, 2.24) is 0 Å². The number of hydrogen-bond acceptors (Lipinski definition) is 1. The normalized spacial score (nSPS) is 10.4. The predicted molar refractivity (Wildman–Crippen MR) is 65.7 cm³/mol. The second-order valence-corrected chi connectivity index (χ2v) is 4.39. The minimum atomic E-state index is 0.525. The molecule has 0 N–H and O–H groups in total. The highest BCUT2D eigenvalue weighted by Crippen LogP contribution is 2.24. The highest BCUT2D eigenvalue weighted by atomic mass is 35.5. The summed E-state index contributed by atoms with van der Waals surface area (Å²) in [5.74, 6) is 1.44. The minimum absolute atomic E-state index is 0.525. The van der Waals surface area contributed by atoms with Gasteiger partial charge in [0.1, 0.15) is 5.75 Å². The van der Waals surface area contributed by atoms with E-state index in [1.807, 2.05) is 24.3 Å². The maximum absolute atomic E-state index is 5.93. The molecule has 0 aliphatic rings. The lowest BCUT2D eigenvalue weighted by atomic mass is 10.1. The van der Waals surface area contributed by atoms with E-state index >= 15 is 0 Å². The van der Waals surface area contributed by atoms with Crippen LogP contribution in [0.3, 0.4) is 0 Å². The van der Waals surface area contributed by atoms with E-state index in [1.165, 1.54) is 0 Å². The Kier molecular flexibility index (Phi) is 4.70. The van der Waals surface area contributed by atoms with E-state index < -0.39 is 0 Å². The van der Waals surface area contributed by atoms with E-state index in [0.717, 1.165) is 29.4 Å². The van der Waals surface area contributed by atoms with Crippen LogP contribution in [0.25, 0.3) is 0 Å². The van der Waals surface area contributed by atoms with Gasteiger partial charge >= 0.3 is 0 Å². The lowest BCUT2D eigenvalue weighted by molar-refractivity contribution is 0.269. The quantitative estimate of drug-likeness (QED) is 0.685. The Morgan fingerprint density at radius 3 is 2.80 bits per heavy atom. The summed E-state index contributed by atoms with van der Waals surface area (Å²) in [7, 11) is 0. The summed E-state index contributed by atoms with van der Waals surface area (Å²) in [6.07, 6.45) is 2.64. The molecule has 1 nitrogen and oxygen atoms in total. The molecule has 0 bridgehead atoms. The van der Waals surface area contributed by atoms with E-state index in [-0.39, 0.29) is 0 Å². The molecule has 0 amide bonds. The van der Waals surface area contributed by atoms with Crippen LogP contribution < -0.4 is 4.74 Å². The van der Waals surface area contributed by atoms with E-state index in [4.69, 9.17) is 16.3 Å². The van der Waals surface area contributed by atoms with Crippen LogP contribution in [0.2, 0.25) is 5.02 Å². The molecule has 0 aromatic heterocycles. The van der Waals surface area contributed by atoms with Crippen LogP contribution in [0.4, 0.5) is 0 Å². The number of rotatable bonds is 5. The van der Waals surface area contributed by atoms with Crippen LogP contribution in [0.15, 0.2) is 30.9 Å². The third kappa shape index (κ3) is 3.96. The van der Waals surface area contributed by atoms with Gasteiger partial charge in [-0.2, -0.15) is 0 Å². The third-order valence-corrected chi connectivity index (χ3v) is 2.19. The molecular weight excluding hydrogens is 208 g/mol. The molecule has 1 aromatic carbocycles. The summed E-state index contributed by atoms with van der Waals surface area (Å²) in [5, 5.41) is 0.740. The number of benzene rings is 1. The van der Waals surface area contributed by atoms with Gasteiger partial charge in [0.05, 0.1) is 6.61 Å². The van der Waals surface area contributed by atoms with Gasteiger partial charge in [-0.25, -0.2) is 0 Å². The number of ether oxygens (including phenoxy) is 1. The topological polar surface area (TPSA) is 9.23 Å². The van der Waals surface area contributed by atoms with Gasteiger partial charge in [-0.1, -0.05) is 31.5 Å². The van der Waals surface area contributed by atoms with Crippen molar-refractivity contribution in [3.8, 4) is 5.75 Å². The Hall–Kier alpha value is -0.950. The lowest BCUT2D eigenvalue weighted by Gasteiger charge is -2.12. The molecular formula is C13H17ClO. The van der Waals surface area contributed by atoms with Crippen LogP contribution in [0, 0.1) is 5.92 Å². The first kappa shape index (κ1) is 12.1. The molecule has 0 radical (unpaired) electrons. The number of hydrogen-bond donors (Lipinski definition) is 0. The fourth-order valence-electron chi connectivity index (χ4n) is 1.26. The van der Waals surface area contributed by atoms with Crippen molar-refractivity contribution in [2.75, 3.05) is 6.61 Å². The van der Waals surface area contributed by atoms with Crippen molar-refractivity contribution >= 4 is 11.6 Å². The third-order valence-electron chi connectivity index (χ3n) is 1.96. The Labute approximate surface area is 96.7 Å². The van der Waals surface area contributed by atoms with E-state index in [1.54, 1.807) is 0 Å². The van der Waals surface area contributed by atoms with Gasteiger partial charge in [0.15, 0.2) is 0 Å². The summed E-state index contributed by atoms with van der Waals surface area (Å²) in [6, 6.07) is 5.70. The van der Waals surface area contributed by atoms with Crippen molar-refractivity contribution in [3.63, 3.8) is 0 Å². The molecule has 0 atom stereocenters. The molecule has 1 aromatic rings. The Morgan fingerprint density at radius 2 is 2.20 bits per heavy atom. The second kappa shape index (κ2) is 5.82. The first-order valence-corrected chi connectivity index (χ1v) is 5.53. The molecule has 0 unspecified atom stereocenters. The van der Waals surface area contributed by atoms with Crippen LogP contribution in [-0.4, -0.2) is 6.61 Å². The molecule has 82 valence electrons. The van der Waals surface area contributed by atoms with Crippen molar-refractivity contribution < 1.29 is 4.74 Å². The fraction of sp³-hybridized carbons (Fsp3) is 0.385. The van der Waals surface area contributed by atoms with Crippen molar-refractivity contribution in [2.45, 2.75) is 20.3 Å². The molecule has 0 aliphatic carbocycles. The summed E-state index contributed by atoms with van der Waals surface area (Å²) >= 11 is 5.93. The average Bonchev–Trinajstić information content (AvgIpc) is 2.17. The fourth-order valence-corrected chi connectivity index (χ4v) is 1.45. The monoisotopic (exact) mass is 224 g/mol. The SMILES string of the molecule is C=CCc1cc(Cl)ccc1OCC(C)C. The molecule has 1 rings (SSSR count). The van der Waals surface area contributed by atoms with Gasteiger partial charge in [0, 0.05) is 5.02 Å². The highest BCUT2D eigenvalue weighted by Gasteiger charge is 2.04. The van der Waals surface area contributed by atoms with Gasteiger partial charge in [-0.15, -0.1) is 6.58 Å². The zero-order chi connectivity index (χ0) is 11.3. The zero-order valence-electron chi connectivity index (χ0n) is 9.29. The largest absolute Gasteiger partial charge is 0.493 e. The summed E-state index contributed by atoms with van der Waals surface area (Å²) in [5.41, 5.74) is 1.10. The lowest BCUT2D eigenvalue weighted by Crippen LogP contribution is -2.06. The van der Waals surface area contributed by atoms with Crippen LogP contribution in [-0.2, 0) is 6.42 Å². The zero-order valence-corrected chi connectivity index (χ0v) is 10.1. The van der Waals surface area contributed by atoms with Gasteiger partial charge in [-0.3, -0.25) is 0 Å². The summed E-state index contributed by atoms with van der Waals surface area (Å²) in [4.78, 5) is 0. The van der Waals surface area contributed by atoms with Crippen molar-refractivity contribution in [1.29, 1.82) is 0 Å². The molecule has 0 saturated heterocycles. The van der Waals surface area contributed by atoms with Crippen molar-refractivity contribution in [3.05, 3.63) is 41.4 Å². The summed E-state index contributed by atoms with van der Waals surface area (Å²) < 4.78 is 5.70. The van der Waals surface area contributed by atoms with E-state index in [9.17, 15) is 0 Å². The molecule has 0 saturated carbocycles. The highest BCUT2D eigenvalue weighted by molar-refractivity contribution is 6.30. The first-order valence-electron chi connectivity index (χ1n) is 5.15. The van der Waals surface area contributed by atoms with Gasteiger partial charge in [0.25, 0.3) is 0 Å². The van der Waals surface area contributed by atoms with Crippen LogP contribution in [0.1, 0.15) is 19.4 Å². The Balaban J connectivity index is 2.80. The standard InChI is InChI=1S/C13H17ClO/c1-4-5-11-8-12(14)6-7-13(11)15-9-10(2)3/h4,6-8,10H,1,5,9H2,2-3H3. The Bertz CT molecular complexity index is 331. The van der Waals surface area contributed by atoms with Crippen molar-refractivity contribution in [2.24, 2.45) is 5.92 Å². The average molecular weight is 225 g/mol. The number of halogens is 1. The van der Waals surface area contributed by atoms with Gasteiger partial charge in [-0.05, 0) is 36.1 Å². The van der Waals surface area contributed by atoms with Gasteiger partial charge < -0.3 is 4.74 Å². The maximum Gasteiger partial charge on any atom is 0.122 e. The van der Waals surface area contributed by atoms with Gasteiger partial charge in [0.2, 0.25) is 0 Å². The molecule has 15 heavy (non-hydrogen) atoms. The Morgan fingerprint density at radius 1 is 1.47 bits per heavy atom. The molecule has 0 heterocycles. The van der Waals surface area contributed by atoms with E-state index in [0.29, 0.717) is 5.92 Å². The minimum Gasteiger partial charge on any atom is -0.493 e. The molecule has 0 fully saturated rings. The smallest absolute Gasteiger partial charge is 0.122 e. The van der Waals surface area contributed by atoms with Crippen LogP contribution >= 0.6 is 11.6 Å². The van der Waals surface area contributed by atoms with E-state index in [2.05, 4.69) is 20.4 Å². The first-order chi connectivity index (χ1) is 7.13. The predicted octanol–water partition coefficient (Wildman–Crippen LogP) is 4.10. The summed E-state index contributed by atoms with van der Waals surface area (Å²) in [6.45, 7) is 8.71. The number of allylic oxidation sites excluding steroid dienone is 1. The molecule has 0 aliphatic heterocycles.